The lowest BCUT2D eigenvalue weighted by molar-refractivity contribution is 0.0600. The largest absolute Gasteiger partial charge is 0.465 e. The molecule has 0 heterocycles. The van der Waals surface area contributed by atoms with Gasteiger partial charge in [0.05, 0.1) is 18.4 Å². The number of halogens is 1. The van der Waals surface area contributed by atoms with Crippen LogP contribution in [0, 0.1) is 5.82 Å². The Morgan fingerprint density at radius 2 is 1.95 bits per heavy atom. The van der Waals surface area contributed by atoms with Crippen molar-refractivity contribution in [1.82, 2.24) is 0 Å². The molecule has 0 fully saturated rings. The predicted octanol–water partition coefficient (Wildman–Crippen LogP) is 3.83. The number of carbonyl (C=O) groups excluding carboxylic acids is 1. The molecule has 1 N–H and O–H groups in total. The summed E-state index contributed by atoms with van der Waals surface area (Å²) in [6.45, 7) is 2.63. The van der Waals surface area contributed by atoms with Crippen molar-refractivity contribution in [3.8, 4) is 0 Å². The lowest BCUT2D eigenvalue weighted by atomic mass is 10.0. The second-order valence-electron chi connectivity index (χ2n) is 4.88. The Balaban J connectivity index is 2.07. The third-order valence-corrected chi connectivity index (χ3v) is 3.35. The molecular weight excluding hydrogens is 269 g/mol. The number of ether oxygens (including phenoxy) is 1. The molecule has 21 heavy (non-hydrogen) atoms. The van der Waals surface area contributed by atoms with E-state index in [2.05, 4.69) is 17.0 Å². The molecule has 0 spiro atoms. The average molecular weight is 287 g/mol. The van der Waals surface area contributed by atoms with Gasteiger partial charge in [-0.25, -0.2) is 9.18 Å². The van der Waals surface area contributed by atoms with E-state index in [9.17, 15) is 9.18 Å². The number of esters is 1. The summed E-state index contributed by atoms with van der Waals surface area (Å²) in [6, 6.07) is 14.1. The first-order valence-corrected chi connectivity index (χ1v) is 6.78. The number of carbonyl (C=O) groups is 1. The Hall–Kier alpha value is -2.36. The van der Waals surface area contributed by atoms with Crippen LogP contribution in [-0.2, 0) is 4.74 Å². The molecular formula is C17H18FNO2. The molecule has 4 heteroatoms. The smallest absolute Gasteiger partial charge is 0.337 e. The van der Waals surface area contributed by atoms with E-state index in [0.29, 0.717) is 17.8 Å². The van der Waals surface area contributed by atoms with Crippen LogP contribution in [0.3, 0.4) is 0 Å². The molecule has 1 atom stereocenters. The van der Waals surface area contributed by atoms with Crippen LogP contribution in [0.4, 0.5) is 10.1 Å². The second kappa shape index (κ2) is 6.88. The normalized spacial score (nSPS) is 11.8. The van der Waals surface area contributed by atoms with Crippen molar-refractivity contribution in [2.45, 2.75) is 12.8 Å². The van der Waals surface area contributed by atoms with E-state index in [4.69, 9.17) is 0 Å². The number of rotatable bonds is 5. The highest BCUT2D eigenvalue weighted by molar-refractivity contribution is 5.90. The average Bonchev–Trinajstić information content (AvgIpc) is 2.53. The van der Waals surface area contributed by atoms with Gasteiger partial charge in [0.1, 0.15) is 5.82 Å². The maximum Gasteiger partial charge on any atom is 0.337 e. The number of nitrogens with one attached hydrogen (secondary N) is 1. The maximum absolute atomic E-state index is 13.8. The van der Waals surface area contributed by atoms with Crippen LogP contribution in [0.1, 0.15) is 28.8 Å². The third kappa shape index (κ3) is 3.81. The topological polar surface area (TPSA) is 38.3 Å². The van der Waals surface area contributed by atoms with Crippen molar-refractivity contribution in [2.75, 3.05) is 19.0 Å². The zero-order valence-electron chi connectivity index (χ0n) is 12.1. The van der Waals surface area contributed by atoms with Gasteiger partial charge in [0.15, 0.2) is 0 Å². The molecule has 0 saturated heterocycles. The van der Waals surface area contributed by atoms with Crippen molar-refractivity contribution < 1.29 is 13.9 Å². The molecule has 0 radical (unpaired) electrons. The van der Waals surface area contributed by atoms with Crippen LogP contribution in [-0.4, -0.2) is 19.6 Å². The van der Waals surface area contributed by atoms with Gasteiger partial charge < -0.3 is 10.1 Å². The zero-order valence-corrected chi connectivity index (χ0v) is 12.1. The first-order chi connectivity index (χ1) is 10.1. The van der Waals surface area contributed by atoms with Crippen LogP contribution in [0.5, 0.6) is 0 Å². The highest BCUT2D eigenvalue weighted by atomic mass is 19.1. The van der Waals surface area contributed by atoms with Crippen LogP contribution in [0.15, 0.2) is 48.5 Å². The van der Waals surface area contributed by atoms with Gasteiger partial charge in [-0.15, -0.1) is 0 Å². The highest BCUT2D eigenvalue weighted by Crippen LogP contribution is 2.20. The fraction of sp³-hybridized carbons (Fsp3) is 0.235. The molecule has 0 bridgehead atoms. The Labute approximate surface area is 123 Å². The lowest BCUT2D eigenvalue weighted by Crippen LogP contribution is -2.12. The first-order valence-electron chi connectivity index (χ1n) is 6.78. The molecule has 2 aromatic carbocycles. The molecule has 110 valence electrons. The monoisotopic (exact) mass is 287 g/mol. The van der Waals surface area contributed by atoms with Crippen molar-refractivity contribution in [1.29, 1.82) is 0 Å². The van der Waals surface area contributed by atoms with Crippen LogP contribution in [0.2, 0.25) is 0 Å². The molecule has 0 aliphatic carbocycles. The minimum atomic E-state index is -0.478. The molecule has 0 aromatic heterocycles. The van der Waals surface area contributed by atoms with E-state index in [0.717, 1.165) is 0 Å². The van der Waals surface area contributed by atoms with Crippen LogP contribution >= 0.6 is 0 Å². The van der Waals surface area contributed by atoms with Gasteiger partial charge in [-0.05, 0) is 29.7 Å². The van der Waals surface area contributed by atoms with Crippen molar-refractivity contribution in [3.05, 3.63) is 65.5 Å². The van der Waals surface area contributed by atoms with E-state index in [1.807, 2.05) is 30.3 Å². The van der Waals surface area contributed by atoms with Gasteiger partial charge in [0.2, 0.25) is 0 Å². The summed E-state index contributed by atoms with van der Waals surface area (Å²) in [6.07, 6.45) is 0. The van der Waals surface area contributed by atoms with Crippen molar-refractivity contribution >= 4 is 11.7 Å². The predicted molar refractivity (Wildman–Crippen MR) is 81.1 cm³/mol. The maximum atomic E-state index is 13.8. The van der Waals surface area contributed by atoms with E-state index in [-0.39, 0.29) is 11.7 Å². The van der Waals surface area contributed by atoms with E-state index in [1.165, 1.54) is 30.9 Å². The summed E-state index contributed by atoms with van der Waals surface area (Å²) in [5.41, 5.74) is 1.81. The van der Waals surface area contributed by atoms with E-state index < -0.39 is 5.97 Å². The Kier molecular flexibility index (Phi) is 4.93. The first kappa shape index (κ1) is 15.0. The SMILES string of the molecule is COC(=O)c1ccc(F)c(NCC(C)c2ccccc2)c1. The van der Waals surface area contributed by atoms with Gasteiger partial charge >= 0.3 is 5.97 Å². The van der Waals surface area contributed by atoms with E-state index in [1.54, 1.807) is 0 Å². The van der Waals surface area contributed by atoms with Crippen LogP contribution < -0.4 is 5.32 Å². The second-order valence-corrected chi connectivity index (χ2v) is 4.88. The number of hydrogen-bond donors (Lipinski definition) is 1. The quantitative estimate of drug-likeness (QED) is 0.849. The van der Waals surface area contributed by atoms with E-state index >= 15 is 0 Å². The third-order valence-electron chi connectivity index (χ3n) is 3.35. The fourth-order valence-corrected chi connectivity index (χ4v) is 2.07. The number of hydrogen-bond acceptors (Lipinski definition) is 3. The van der Waals surface area contributed by atoms with Crippen molar-refractivity contribution in [2.24, 2.45) is 0 Å². The number of methoxy groups -OCH3 is 1. The summed E-state index contributed by atoms with van der Waals surface area (Å²) in [5.74, 6) is -0.635. The molecule has 2 aromatic rings. The Bertz CT molecular complexity index is 613. The summed E-state index contributed by atoms with van der Waals surface area (Å²) >= 11 is 0. The molecule has 1 unspecified atom stereocenters. The lowest BCUT2D eigenvalue weighted by Gasteiger charge is -2.15. The molecule has 0 aliphatic heterocycles. The minimum Gasteiger partial charge on any atom is -0.465 e. The molecule has 0 aliphatic rings. The number of anilines is 1. The summed E-state index contributed by atoms with van der Waals surface area (Å²) in [7, 11) is 1.30. The molecule has 0 saturated carbocycles. The Morgan fingerprint density at radius 3 is 2.62 bits per heavy atom. The Morgan fingerprint density at radius 1 is 1.24 bits per heavy atom. The minimum absolute atomic E-state index is 0.229. The summed E-state index contributed by atoms with van der Waals surface area (Å²) < 4.78 is 18.4. The number of benzene rings is 2. The van der Waals surface area contributed by atoms with Crippen molar-refractivity contribution in [3.63, 3.8) is 0 Å². The zero-order chi connectivity index (χ0) is 15.2. The van der Waals surface area contributed by atoms with Gasteiger partial charge in [0.25, 0.3) is 0 Å². The summed E-state index contributed by atoms with van der Waals surface area (Å²) in [4.78, 5) is 11.5. The van der Waals surface area contributed by atoms with Gasteiger partial charge in [0, 0.05) is 6.54 Å². The van der Waals surface area contributed by atoms with Gasteiger partial charge in [-0.3, -0.25) is 0 Å². The van der Waals surface area contributed by atoms with Gasteiger partial charge in [-0.2, -0.15) is 0 Å². The van der Waals surface area contributed by atoms with Gasteiger partial charge in [-0.1, -0.05) is 37.3 Å². The summed E-state index contributed by atoms with van der Waals surface area (Å²) in [5, 5.41) is 3.05. The highest BCUT2D eigenvalue weighted by Gasteiger charge is 2.11. The molecule has 3 nitrogen and oxygen atoms in total. The van der Waals surface area contributed by atoms with Crippen LogP contribution in [0.25, 0.3) is 0 Å². The molecule has 0 amide bonds. The molecule has 2 rings (SSSR count). The standard InChI is InChI=1S/C17H18FNO2/c1-12(13-6-4-3-5-7-13)11-19-16-10-14(17(20)21-2)8-9-15(16)18/h3-10,12,19H,11H2,1-2H3. The fourth-order valence-electron chi connectivity index (χ4n) is 2.07.